The quantitative estimate of drug-likeness (QED) is 0.121. The molecule has 0 unspecified atom stereocenters. The van der Waals surface area contributed by atoms with Crippen LogP contribution in [0, 0.1) is 5.92 Å². The lowest BCUT2D eigenvalue weighted by atomic mass is 9.50. The van der Waals surface area contributed by atoms with Gasteiger partial charge in [0.1, 0.15) is 11.9 Å². The van der Waals surface area contributed by atoms with E-state index in [1.54, 1.807) is 13.2 Å². The summed E-state index contributed by atoms with van der Waals surface area (Å²) >= 11 is 0. The summed E-state index contributed by atoms with van der Waals surface area (Å²) < 4.78 is 12.9. The van der Waals surface area contributed by atoms with E-state index in [0.29, 0.717) is 35.8 Å². The van der Waals surface area contributed by atoms with Crippen molar-refractivity contribution in [2.24, 2.45) is 5.92 Å². The number of hydrogen-bond donors (Lipinski definition) is 1. The van der Waals surface area contributed by atoms with Crippen LogP contribution in [-0.2, 0) is 23.1 Å². The van der Waals surface area contributed by atoms with Crippen LogP contribution in [0.15, 0.2) is 49.1 Å². The topological polar surface area (TPSA) is 62.2 Å². The maximum Gasteiger partial charge on any atom is 0.222 e. The van der Waals surface area contributed by atoms with E-state index < -0.39 is 0 Å². The highest BCUT2D eigenvalue weighted by atomic mass is 16.5. The second-order valence-corrected chi connectivity index (χ2v) is 15.0. The lowest BCUT2D eigenvalue weighted by Crippen LogP contribution is -2.69. The molecular weight excluding hydrogens is 596 g/mol. The van der Waals surface area contributed by atoms with E-state index >= 15 is 0 Å². The van der Waals surface area contributed by atoms with Crippen LogP contribution in [0.5, 0.6) is 17.2 Å². The van der Waals surface area contributed by atoms with Gasteiger partial charge in [0.2, 0.25) is 5.91 Å². The summed E-state index contributed by atoms with van der Waals surface area (Å²) in [7, 11) is 1.67. The van der Waals surface area contributed by atoms with Crippen LogP contribution < -0.4 is 9.47 Å². The summed E-state index contributed by atoms with van der Waals surface area (Å²) in [6.07, 6.45) is 20.6. The van der Waals surface area contributed by atoms with E-state index in [4.69, 9.17) is 9.47 Å². The molecule has 48 heavy (non-hydrogen) atoms. The van der Waals surface area contributed by atoms with Gasteiger partial charge in [0.05, 0.1) is 13.2 Å². The van der Waals surface area contributed by atoms with E-state index in [2.05, 4.69) is 53.6 Å². The lowest BCUT2D eigenvalue weighted by molar-refractivity contribution is -0.142. The number of piperidine rings is 1. The Bertz CT molecular complexity index is 1380. The first-order chi connectivity index (χ1) is 23.5. The van der Waals surface area contributed by atoms with Gasteiger partial charge in [-0.3, -0.25) is 9.69 Å². The minimum Gasteiger partial charge on any atom is -0.508 e. The highest BCUT2D eigenvalue weighted by Crippen LogP contribution is 2.65. The molecule has 6 rings (SSSR count). The number of nitrogens with zero attached hydrogens (tertiary/aromatic N) is 2. The van der Waals surface area contributed by atoms with E-state index in [0.717, 1.165) is 88.7 Å². The molecule has 6 heteroatoms. The van der Waals surface area contributed by atoms with Crippen LogP contribution in [0.2, 0.25) is 0 Å². The van der Waals surface area contributed by atoms with Crippen molar-refractivity contribution in [2.45, 2.75) is 140 Å². The molecule has 2 fully saturated rings. The number of carbonyl (C=O) groups is 1. The van der Waals surface area contributed by atoms with Gasteiger partial charge < -0.3 is 19.5 Å². The van der Waals surface area contributed by atoms with Gasteiger partial charge in [0.15, 0.2) is 11.5 Å². The normalized spacial score (nSPS) is 25.3. The summed E-state index contributed by atoms with van der Waals surface area (Å²) in [6.45, 7) is 8.93. The number of hydrogen-bond acceptors (Lipinski definition) is 5. The molecule has 1 saturated carbocycles. The zero-order valence-corrected chi connectivity index (χ0v) is 29.8. The van der Waals surface area contributed by atoms with Gasteiger partial charge in [-0.15, -0.1) is 6.58 Å². The Morgan fingerprint density at radius 3 is 2.54 bits per heavy atom. The molecule has 1 amide bonds. The minimum atomic E-state index is -0.204. The summed E-state index contributed by atoms with van der Waals surface area (Å²) in [6, 6.07) is 12.9. The fraction of sp³-hybridized carbons (Fsp3) is 0.643. The molecule has 262 valence electrons. The van der Waals surface area contributed by atoms with Gasteiger partial charge in [-0.1, -0.05) is 94.7 Å². The molecule has 2 aromatic carbocycles. The summed E-state index contributed by atoms with van der Waals surface area (Å²) in [4.78, 5) is 19.0. The van der Waals surface area contributed by atoms with Crippen molar-refractivity contribution in [1.29, 1.82) is 0 Å². The average molecular weight is 657 g/mol. The standard InChI is InChI=1S/C42H60N2O4/c1-4-6-18-27-44(38(46)22-17-12-10-8-7-9-11-14-19-31-20-15-13-16-21-31)34-24-23-33-35-29-32-36(45)30-37(47-3)40-39(32)42(33,41(34)48-40)25-28-43(35)26-5-2/h5,13,15-16,20-21,30,33-35,41,45H,2,4,6-12,14,17-19,22-29H2,1,3H3/t33-,34+,35+,41-,42-/m0/s1. The Morgan fingerprint density at radius 2 is 1.81 bits per heavy atom. The maximum atomic E-state index is 14.2. The predicted octanol–water partition coefficient (Wildman–Crippen LogP) is 8.77. The smallest absolute Gasteiger partial charge is 0.222 e. The SMILES string of the molecule is C=CCN1CC[C@]23c4c5c(O)cc(OC)c4O[C@H]2[C@H](N(CCCCC)C(=O)CCCCCCCCCCc2ccccc2)CC[C@H]3[C@H]1C5. The highest BCUT2D eigenvalue weighted by molar-refractivity contribution is 5.77. The second-order valence-electron chi connectivity index (χ2n) is 15.0. The fourth-order valence-electron chi connectivity index (χ4n) is 9.98. The third-order valence-electron chi connectivity index (χ3n) is 12.2. The molecule has 2 heterocycles. The number of methoxy groups -OCH3 is 1. The Kier molecular flexibility index (Phi) is 11.7. The molecule has 2 aliphatic carbocycles. The number of ether oxygens (including phenoxy) is 2. The lowest BCUT2D eigenvalue weighted by Gasteiger charge is -2.60. The van der Waals surface area contributed by atoms with E-state index in [1.165, 1.54) is 56.1 Å². The van der Waals surface area contributed by atoms with Crippen molar-refractivity contribution in [3.8, 4) is 17.2 Å². The number of aryl methyl sites for hydroxylation is 1. The Morgan fingerprint density at radius 1 is 1.06 bits per heavy atom. The Labute approximate surface area is 289 Å². The van der Waals surface area contributed by atoms with E-state index in [-0.39, 0.29) is 17.6 Å². The molecule has 2 aliphatic heterocycles. The number of aromatic hydroxyl groups is 1. The van der Waals surface area contributed by atoms with E-state index in [1.807, 2.05) is 6.08 Å². The zero-order chi connectivity index (χ0) is 33.5. The van der Waals surface area contributed by atoms with Crippen LogP contribution in [0.3, 0.4) is 0 Å². The summed E-state index contributed by atoms with van der Waals surface area (Å²) in [5.74, 6) is 2.50. The number of benzene rings is 2. The average Bonchev–Trinajstić information content (AvgIpc) is 3.44. The highest BCUT2D eigenvalue weighted by Gasteiger charge is 2.67. The predicted molar refractivity (Wildman–Crippen MR) is 194 cm³/mol. The fourth-order valence-corrected chi connectivity index (χ4v) is 9.98. The molecule has 2 aromatic rings. The van der Waals surface area contributed by atoms with Gasteiger partial charge in [0, 0.05) is 48.2 Å². The molecular formula is C42H60N2O4. The van der Waals surface area contributed by atoms with Crippen molar-refractivity contribution in [1.82, 2.24) is 9.80 Å². The number of rotatable bonds is 19. The third-order valence-corrected chi connectivity index (χ3v) is 12.2. The number of likely N-dealkylation sites (tertiary alicyclic amines) is 1. The van der Waals surface area contributed by atoms with Crippen molar-refractivity contribution in [2.75, 3.05) is 26.7 Å². The number of amides is 1. The molecule has 1 saturated heterocycles. The zero-order valence-electron chi connectivity index (χ0n) is 29.8. The molecule has 2 bridgehead atoms. The summed E-state index contributed by atoms with van der Waals surface area (Å²) in [5, 5.41) is 11.3. The summed E-state index contributed by atoms with van der Waals surface area (Å²) in [5.41, 5.74) is 3.46. The number of phenolic OH excluding ortho intramolecular Hbond substituents is 1. The van der Waals surface area contributed by atoms with Crippen molar-refractivity contribution in [3.63, 3.8) is 0 Å². The molecule has 0 radical (unpaired) electrons. The van der Waals surface area contributed by atoms with Gasteiger partial charge in [-0.25, -0.2) is 0 Å². The van der Waals surface area contributed by atoms with Crippen molar-refractivity contribution in [3.05, 3.63) is 65.7 Å². The third kappa shape index (κ3) is 6.88. The monoisotopic (exact) mass is 656 g/mol. The first-order valence-corrected chi connectivity index (χ1v) is 19.3. The number of phenols is 1. The number of unbranched alkanes of at least 4 members (excludes halogenated alkanes) is 9. The van der Waals surface area contributed by atoms with Gasteiger partial charge in [0.25, 0.3) is 0 Å². The molecule has 6 nitrogen and oxygen atoms in total. The van der Waals surface area contributed by atoms with Crippen LogP contribution in [0.1, 0.15) is 120 Å². The van der Waals surface area contributed by atoms with Gasteiger partial charge in [-0.2, -0.15) is 0 Å². The van der Waals surface area contributed by atoms with Crippen molar-refractivity contribution < 1.29 is 19.4 Å². The van der Waals surface area contributed by atoms with Crippen LogP contribution in [-0.4, -0.2) is 65.7 Å². The maximum absolute atomic E-state index is 14.2. The van der Waals surface area contributed by atoms with Crippen LogP contribution in [0.4, 0.5) is 0 Å². The molecule has 1 N–H and O–H groups in total. The first-order valence-electron chi connectivity index (χ1n) is 19.3. The largest absolute Gasteiger partial charge is 0.508 e. The molecule has 1 spiro atoms. The Balaban J connectivity index is 1.09. The van der Waals surface area contributed by atoms with Gasteiger partial charge >= 0.3 is 0 Å². The second kappa shape index (κ2) is 16.1. The molecule has 0 aromatic heterocycles. The van der Waals surface area contributed by atoms with Crippen LogP contribution in [0.25, 0.3) is 0 Å². The van der Waals surface area contributed by atoms with Gasteiger partial charge in [-0.05, 0) is 69.4 Å². The molecule has 5 atom stereocenters. The van der Waals surface area contributed by atoms with Crippen LogP contribution >= 0.6 is 0 Å². The first kappa shape index (κ1) is 34.9. The molecule has 4 aliphatic rings. The Hall–Kier alpha value is -2.99. The van der Waals surface area contributed by atoms with E-state index in [9.17, 15) is 9.90 Å². The minimum absolute atomic E-state index is 0.0401. The number of carbonyl (C=O) groups excluding carboxylic acids is 1. The van der Waals surface area contributed by atoms with Crippen molar-refractivity contribution >= 4 is 5.91 Å².